The number of anilines is 2. The van der Waals surface area contributed by atoms with Crippen LogP contribution in [0.15, 0.2) is 54.6 Å². The summed E-state index contributed by atoms with van der Waals surface area (Å²) in [5, 5.41) is 8.87. The number of nitrogens with zero attached hydrogens (tertiary/aromatic N) is 2. The number of carbonyl (C=O) groups is 2. The zero-order chi connectivity index (χ0) is 24.4. The molecule has 178 valence electrons. The lowest BCUT2D eigenvalue weighted by molar-refractivity contribution is -0.117. The molecule has 0 spiro atoms. The molecule has 1 aliphatic carbocycles. The molecule has 3 N–H and O–H groups in total. The molecule has 10 heteroatoms. The van der Waals surface area contributed by atoms with Crippen LogP contribution in [0.3, 0.4) is 0 Å². The molecule has 35 heavy (non-hydrogen) atoms. The number of rotatable bonds is 7. The standard InChI is InChI=1S/C25H22FN5O3S/c1-14-2-9-18(28-24(33)27-13-15-3-7-17(26)8-4-15)12-20(14)34-21-11-10-19-23(30-21)35-25(29-19)31-22(32)16-5-6-16/h2-4,7-12,16H,5-6,13H2,1H3,(H2,27,28,33)(H,29,31,32). The van der Waals surface area contributed by atoms with Gasteiger partial charge in [0.05, 0.1) is 0 Å². The summed E-state index contributed by atoms with van der Waals surface area (Å²) < 4.78 is 19.0. The first kappa shape index (κ1) is 22.7. The molecule has 0 unspecified atom stereocenters. The minimum absolute atomic E-state index is 0.00201. The third-order valence-corrected chi connectivity index (χ3v) is 6.32. The molecule has 1 saturated carbocycles. The van der Waals surface area contributed by atoms with E-state index in [-0.39, 0.29) is 24.2 Å². The predicted molar refractivity (Wildman–Crippen MR) is 132 cm³/mol. The van der Waals surface area contributed by atoms with Gasteiger partial charge in [-0.1, -0.05) is 29.5 Å². The summed E-state index contributed by atoms with van der Waals surface area (Å²) in [6, 6.07) is 14.4. The third kappa shape index (κ3) is 5.72. The van der Waals surface area contributed by atoms with Gasteiger partial charge < -0.3 is 20.7 Å². The summed E-state index contributed by atoms with van der Waals surface area (Å²) >= 11 is 1.30. The van der Waals surface area contributed by atoms with Gasteiger partial charge in [-0.2, -0.15) is 0 Å². The van der Waals surface area contributed by atoms with Crippen molar-refractivity contribution in [2.24, 2.45) is 5.92 Å². The molecule has 0 saturated heterocycles. The van der Waals surface area contributed by atoms with Gasteiger partial charge >= 0.3 is 6.03 Å². The summed E-state index contributed by atoms with van der Waals surface area (Å²) in [7, 11) is 0. The highest BCUT2D eigenvalue weighted by molar-refractivity contribution is 7.21. The fraction of sp³-hybridized carbons (Fsp3) is 0.200. The summed E-state index contributed by atoms with van der Waals surface area (Å²) in [6.07, 6.45) is 1.85. The molecule has 0 radical (unpaired) electrons. The number of aryl methyl sites for hydroxylation is 1. The predicted octanol–water partition coefficient (Wildman–Crippen LogP) is 5.60. The molecule has 3 amide bonds. The Labute approximate surface area is 204 Å². The van der Waals surface area contributed by atoms with Gasteiger partial charge in [0.15, 0.2) is 5.13 Å². The van der Waals surface area contributed by atoms with Crippen molar-refractivity contribution in [1.82, 2.24) is 15.3 Å². The first-order valence-electron chi connectivity index (χ1n) is 11.1. The van der Waals surface area contributed by atoms with E-state index in [9.17, 15) is 14.0 Å². The highest BCUT2D eigenvalue weighted by Gasteiger charge is 2.30. The van der Waals surface area contributed by atoms with Gasteiger partial charge in [0.25, 0.3) is 0 Å². The van der Waals surface area contributed by atoms with Crippen molar-refractivity contribution in [1.29, 1.82) is 0 Å². The van der Waals surface area contributed by atoms with Crippen molar-refractivity contribution in [3.8, 4) is 11.6 Å². The zero-order valence-electron chi connectivity index (χ0n) is 18.8. The SMILES string of the molecule is Cc1ccc(NC(=O)NCc2ccc(F)cc2)cc1Oc1ccc2nc(NC(=O)C3CC3)sc2n1. The fourth-order valence-corrected chi connectivity index (χ4v) is 4.16. The highest BCUT2D eigenvalue weighted by Crippen LogP contribution is 2.33. The Hall–Kier alpha value is -4.05. The summed E-state index contributed by atoms with van der Waals surface area (Å²) in [6.45, 7) is 2.16. The van der Waals surface area contributed by atoms with Crippen LogP contribution in [-0.4, -0.2) is 21.9 Å². The molecule has 0 aliphatic heterocycles. The summed E-state index contributed by atoms with van der Waals surface area (Å²) in [4.78, 5) is 33.9. The molecule has 2 aromatic heterocycles. The molecule has 4 aromatic rings. The number of fused-ring (bicyclic) bond motifs is 1. The molecule has 8 nitrogen and oxygen atoms in total. The Morgan fingerprint density at radius 2 is 1.86 bits per heavy atom. The van der Waals surface area contributed by atoms with Gasteiger partial charge in [0, 0.05) is 30.3 Å². The van der Waals surface area contributed by atoms with Crippen molar-refractivity contribution in [3.63, 3.8) is 0 Å². The largest absolute Gasteiger partial charge is 0.439 e. The number of halogens is 1. The van der Waals surface area contributed by atoms with E-state index in [1.807, 2.05) is 13.0 Å². The number of benzene rings is 2. The van der Waals surface area contributed by atoms with E-state index in [0.717, 1.165) is 24.0 Å². The first-order chi connectivity index (χ1) is 16.9. The van der Waals surface area contributed by atoms with Gasteiger partial charge in [-0.3, -0.25) is 4.79 Å². The summed E-state index contributed by atoms with van der Waals surface area (Å²) in [5.74, 6) is 0.697. The average Bonchev–Trinajstić information content (AvgIpc) is 3.62. The van der Waals surface area contributed by atoms with Crippen LogP contribution in [0.1, 0.15) is 24.0 Å². The topological polar surface area (TPSA) is 105 Å². The quantitative estimate of drug-likeness (QED) is 0.312. The number of hydrogen-bond acceptors (Lipinski definition) is 6. The van der Waals surface area contributed by atoms with Gasteiger partial charge in [0.2, 0.25) is 11.8 Å². The Bertz CT molecular complexity index is 1400. The molecular weight excluding hydrogens is 469 g/mol. The van der Waals surface area contributed by atoms with Gasteiger partial charge in [-0.25, -0.2) is 19.2 Å². The number of amides is 3. The van der Waals surface area contributed by atoms with E-state index in [0.29, 0.717) is 32.8 Å². The van der Waals surface area contributed by atoms with Crippen LogP contribution in [0.25, 0.3) is 10.3 Å². The molecular formula is C25H22FN5O3S. The van der Waals surface area contributed by atoms with E-state index < -0.39 is 6.03 Å². The fourth-order valence-electron chi connectivity index (χ4n) is 3.32. The lowest BCUT2D eigenvalue weighted by Crippen LogP contribution is -2.28. The number of pyridine rings is 1. The van der Waals surface area contributed by atoms with Crippen molar-refractivity contribution in [2.45, 2.75) is 26.3 Å². The number of aromatic nitrogens is 2. The zero-order valence-corrected chi connectivity index (χ0v) is 19.6. The van der Waals surface area contributed by atoms with Gasteiger partial charge in [-0.05, 0) is 55.2 Å². The Morgan fingerprint density at radius 1 is 1.06 bits per heavy atom. The molecule has 5 rings (SSSR count). The average molecular weight is 492 g/mol. The smallest absolute Gasteiger partial charge is 0.319 e. The van der Waals surface area contributed by atoms with Crippen LogP contribution in [0, 0.1) is 18.7 Å². The second-order valence-electron chi connectivity index (χ2n) is 8.27. The molecule has 1 aliphatic rings. The minimum Gasteiger partial charge on any atom is -0.439 e. The Morgan fingerprint density at radius 3 is 2.63 bits per heavy atom. The van der Waals surface area contributed by atoms with Crippen LogP contribution in [0.5, 0.6) is 11.6 Å². The Balaban J connectivity index is 1.23. The molecule has 2 heterocycles. The van der Waals surface area contributed by atoms with E-state index in [1.54, 1.807) is 36.4 Å². The number of hydrogen-bond donors (Lipinski definition) is 3. The second-order valence-corrected chi connectivity index (χ2v) is 9.25. The third-order valence-electron chi connectivity index (χ3n) is 5.44. The summed E-state index contributed by atoms with van der Waals surface area (Å²) in [5.41, 5.74) is 2.88. The molecule has 0 atom stereocenters. The highest BCUT2D eigenvalue weighted by atomic mass is 32.1. The van der Waals surface area contributed by atoms with E-state index in [1.165, 1.54) is 23.5 Å². The second kappa shape index (κ2) is 9.67. The van der Waals surface area contributed by atoms with Crippen LogP contribution >= 0.6 is 11.3 Å². The normalized spacial score (nSPS) is 12.9. The maximum absolute atomic E-state index is 13.0. The van der Waals surface area contributed by atoms with Gasteiger partial charge in [0.1, 0.15) is 21.9 Å². The van der Waals surface area contributed by atoms with Crippen molar-refractivity contribution in [2.75, 3.05) is 10.6 Å². The lowest BCUT2D eigenvalue weighted by Gasteiger charge is -2.12. The molecule has 1 fully saturated rings. The number of thiazole rings is 1. The lowest BCUT2D eigenvalue weighted by atomic mass is 10.2. The number of urea groups is 1. The van der Waals surface area contributed by atoms with Crippen LogP contribution < -0.4 is 20.7 Å². The van der Waals surface area contributed by atoms with E-state index >= 15 is 0 Å². The van der Waals surface area contributed by atoms with Gasteiger partial charge in [-0.15, -0.1) is 0 Å². The number of nitrogens with one attached hydrogen (secondary N) is 3. The number of ether oxygens (including phenoxy) is 1. The van der Waals surface area contributed by atoms with Crippen molar-refractivity contribution < 1.29 is 18.7 Å². The van der Waals surface area contributed by atoms with Crippen molar-refractivity contribution in [3.05, 3.63) is 71.5 Å². The number of carbonyl (C=O) groups excluding carboxylic acids is 2. The van der Waals surface area contributed by atoms with Crippen molar-refractivity contribution >= 4 is 44.4 Å². The first-order valence-corrected chi connectivity index (χ1v) is 11.9. The molecule has 2 aromatic carbocycles. The minimum atomic E-state index is -0.394. The van der Waals surface area contributed by atoms with Crippen LogP contribution in [-0.2, 0) is 11.3 Å². The molecule has 0 bridgehead atoms. The van der Waals surface area contributed by atoms with Crippen LogP contribution in [0.2, 0.25) is 0 Å². The monoisotopic (exact) mass is 491 g/mol. The van der Waals surface area contributed by atoms with E-state index in [2.05, 4.69) is 25.9 Å². The maximum Gasteiger partial charge on any atom is 0.319 e. The van der Waals surface area contributed by atoms with Crippen LogP contribution in [0.4, 0.5) is 20.0 Å². The maximum atomic E-state index is 13.0. The van der Waals surface area contributed by atoms with E-state index in [4.69, 9.17) is 4.74 Å². The Kier molecular flexibility index (Phi) is 6.28.